The summed E-state index contributed by atoms with van der Waals surface area (Å²) in [7, 11) is 0. The number of nitrogens with one attached hydrogen (secondary N) is 1. The summed E-state index contributed by atoms with van der Waals surface area (Å²) in [5.41, 5.74) is 3.23. The van der Waals surface area contributed by atoms with Crippen LogP contribution in [0.4, 0.5) is 11.4 Å². The molecular weight excluding hydrogens is 286 g/mol. The molecule has 0 aromatic heterocycles. The summed E-state index contributed by atoms with van der Waals surface area (Å²) in [4.78, 5) is 10.4. The molecule has 0 atom stereocenters. The zero-order chi connectivity index (χ0) is 15.9. The fourth-order valence-electron chi connectivity index (χ4n) is 1.81. The molecule has 2 N–H and O–H groups in total. The second-order valence-electron chi connectivity index (χ2n) is 4.27. The van der Waals surface area contributed by atoms with E-state index in [1.807, 2.05) is 6.92 Å². The molecule has 0 heterocycles. The van der Waals surface area contributed by atoms with Gasteiger partial charge in [-0.3, -0.25) is 15.5 Å². The zero-order valence-corrected chi connectivity index (χ0v) is 11.9. The van der Waals surface area contributed by atoms with Crippen LogP contribution in [0.2, 0.25) is 0 Å². The van der Waals surface area contributed by atoms with E-state index in [0.29, 0.717) is 17.9 Å². The van der Waals surface area contributed by atoms with Crippen LogP contribution in [-0.4, -0.2) is 22.9 Å². The van der Waals surface area contributed by atoms with Gasteiger partial charge in [0.2, 0.25) is 0 Å². The first-order chi connectivity index (χ1) is 10.6. The number of nitro benzene ring substituents is 1. The third kappa shape index (κ3) is 3.51. The molecule has 0 aliphatic carbocycles. The molecule has 0 radical (unpaired) electrons. The Morgan fingerprint density at radius 3 is 2.82 bits per heavy atom. The number of rotatable bonds is 6. The first kappa shape index (κ1) is 15.3. The minimum absolute atomic E-state index is 0.0301. The molecule has 0 aliphatic rings. The van der Waals surface area contributed by atoms with Gasteiger partial charge in [-0.15, -0.1) is 0 Å². The van der Waals surface area contributed by atoms with Crippen LogP contribution in [0.15, 0.2) is 47.6 Å². The lowest BCUT2D eigenvalue weighted by molar-refractivity contribution is -0.384. The van der Waals surface area contributed by atoms with Gasteiger partial charge in [-0.1, -0.05) is 18.2 Å². The maximum atomic E-state index is 10.9. The van der Waals surface area contributed by atoms with Gasteiger partial charge in [-0.25, -0.2) is 0 Å². The molecule has 0 bridgehead atoms. The second-order valence-corrected chi connectivity index (χ2v) is 4.27. The van der Waals surface area contributed by atoms with Gasteiger partial charge in [0.1, 0.15) is 5.69 Å². The van der Waals surface area contributed by atoms with Gasteiger partial charge < -0.3 is 9.84 Å². The molecule has 2 aromatic rings. The van der Waals surface area contributed by atoms with Crippen LogP contribution in [0.25, 0.3) is 0 Å². The van der Waals surface area contributed by atoms with Crippen molar-refractivity contribution < 1.29 is 14.8 Å². The fourth-order valence-corrected chi connectivity index (χ4v) is 1.81. The summed E-state index contributed by atoms with van der Waals surface area (Å²) in [5, 5.41) is 24.8. The van der Waals surface area contributed by atoms with Gasteiger partial charge in [-0.05, 0) is 25.1 Å². The van der Waals surface area contributed by atoms with Crippen molar-refractivity contribution in [3.8, 4) is 11.5 Å². The molecule has 0 aliphatic heterocycles. The maximum absolute atomic E-state index is 10.9. The number of nitro groups is 1. The minimum atomic E-state index is -0.495. The van der Waals surface area contributed by atoms with E-state index in [2.05, 4.69) is 10.5 Å². The molecule has 2 aromatic carbocycles. The largest absolute Gasteiger partial charge is 0.504 e. The van der Waals surface area contributed by atoms with Gasteiger partial charge in [0, 0.05) is 11.6 Å². The first-order valence-corrected chi connectivity index (χ1v) is 6.60. The Morgan fingerprint density at radius 1 is 1.32 bits per heavy atom. The highest BCUT2D eigenvalue weighted by Crippen LogP contribution is 2.28. The van der Waals surface area contributed by atoms with E-state index >= 15 is 0 Å². The number of aromatic hydroxyl groups is 1. The number of hydrogen-bond acceptors (Lipinski definition) is 6. The number of para-hydroxylation sites is 3. The lowest BCUT2D eigenvalue weighted by Gasteiger charge is -2.07. The summed E-state index contributed by atoms with van der Waals surface area (Å²) in [6, 6.07) is 11.2. The Hall–Kier alpha value is -3.09. The van der Waals surface area contributed by atoms with Crippen molar-refractivity contribution in [2.24, 2.45) is 5.10 Å². The molecule has 0 saturated carbocycles. The summed E-state index contributed by atoms with van der Waals surface area (Å²) < 4.78 is 5.27. The van der Waals surface area contributed by atoms with Gasteiger partial charge in [0.25, 0.3) is 5.69 Å². The number of anilines is 1. The number of benzene rings is 2. The SMILES string of the molecule is CCOc1cccc(C=NNc2ccccc2[N+](=O)[O-])c1O. The highest BCUT2D eigenvalue weighted by molar-refractivity contribution is 5.85. The van der Waals surface area contributed by atoms with E-state index in [1.165, 1.54) is 12.3 Å². The smallest absolute Gasteiger partial charge is 0.294 e. The Labute approximate surface area is 127 Å². The van der Waals surface area contributed by atoms with E-state index in [0.717, 1.165) is 0 Å². The molecule has 0 spiro atoms. The summed E-state index contributed by atoms with van der Waals surface area (Å²) >= 11 is 0. The number of ether oxygens (including phenoxy) is 1. The molecule has 114 valence electrons. The van der Waals surface area contributed by atoms with Crippen molar-refractivity contribution in [1.29, 1.82) is 0 Å². The summed E-state index contributed by atoms with van der Waals surface area (Å²) in [6.07, 6.45) is 1.37. The van der Waals surface area contributed by atoms with Crippen LogP contribution >= 0.6 is 0 Å². The van der Waals surface area contributed by atoms with Crippen molar-refractivity contribution in [2.45, 2.75) is 6.92 Å². The number of nitrogens with zero attached hydrogens (tertiary/aromatic N) is 2. The Balaban J connectivity index is 2.17. The molecule has 7 heteroatoms. The van der Waals surface area contributed by atoms with Gasteiger partial charge in [-0.2, -0.15) is 5.10 Å². The van der Waals surface area contributed by atoms with Crippen molar-refractivity contribution in [3.63, 3.8) is 0 Å². The molecular formula is C15H15N3O4. The monoisotopic (exact) mass is 301 g/mol. The van der Waals surface area contributed by atoms with Crippen LogP contribution in [0, 0.1) is 10.1 Å². The van der Waals surface area contributed by atoms with Crippen LogP contribution in [0.5, 0.6) is 11.5 Å². The Bertz CT molecular complexity index is 701. The van der Waals surface area contributed by atoms with E-state index in [1.54, 1.807) is 36.4 Å². The lowest BCUT2D eigenvalue weighted by Crippen LogP contribution is -1.97. The number of phenolic OH excluding ortho intramolecular Hbond substituents is 1. The number of hydrazone groups is 1. The molecule has 7 nitrogen and oxygen atoms in total. The molecule has 0 saturated heterocycles. The Morgan fingerprint density at radius 2 is 2.09 bits per heavy atom. The second kappa shape index (κ2) is 7.07. The van der Waals surface area contributed by atoms with Gasteiger partial charge in [0.05, 0.1) is 17.7 Å². The van der Waals surface area contributed by atoms with E-state index in [4.69, 9.17) is 4.74 Å². The highest BCUT2D eigenvalue weighted by atomic mass is 16.6. The molecule has 22 heavy (non-hydrogen) atoms. The van der Waals surface area contributed by atoms with Crippen molar-refractivity contribution in [3.05, 3.63) is 58.1 Å². The van der Waals surface area contributed by atoms with E-state index in [-0.39, 0.29) is 17.1 Å². The van der Waals surface area contributed by atoms with Gasteiger partial charge >= 0.3 is 0 Å². The average Bonchev–Trinajstić information content (AvgIpc) is 2.51. The summed E-state index contributed by atoms with van der Waals surface area (Å²) in [5.74, 6) is 0.328. The van der Waals surface area contributed by atoms with Crippen LogP contribution < -0.4 is 10.2 Å². The normalized spacial score (nSPS) is 10.6. The van der Waals surface area contributed by atoms with Gasteiger partial charge in [0.15, 0.2) is 11.5 Å². The van der Waals surface area contributed by atoms with Crippen molar-refractivity contribution >= 4 is 17.6 Å². The van der Waals surface area contributed by atoms with Crippen LogP contribution in [0.3, 0.4) is 0 Å². The number of phenols is 1. The Kier molecular flexibility index (Phi) is 4.92. The van der Waals surface area contributed by atoms with Crippen molar-refractivity contribution in [2.75, 3.05) is 12.0 Å². The quantitative estimate of drug-likeness (QED) is 0.485. The number of hydrogen-bond donors (Lipinski definition) is 2. The van der Waals surface area contributed by atoms with Crippen LogP contribution in [-0.2, 0) is 0 Å². The topological polar surface area (TPSA) is 97.0 Å². The molecule has 0 unspecified atom stereocenters. The average molecular weight is 301 g/mol. The van der Waals surface area contributed by atoms with E-state index < -0.39 is 4.92 Å². The summed E-state index contributed by atoms with van der Waals surface area (Å²) in [6.45, 7) is 2.25. The zero-order valence-electron chi connectivity index (χ0n) is 11.9. The predicted octanol–water partition coefficient (Wildman–Crippen LogP) is 3.15. The predicted molar refractivity (Wildman–Crippen MR) is 83.6 cm³/mol. The third-order valence-electron chi connectivity index (χ3n) is 2.82. The molecule has 2 rings (SSSR count). The third-order valence-corrected chi connectivity index (χ3v) is 2.82. The maximum Gasteiger partial charge on any atom is 0.294 e. The molecule has 0 fully saturated rings. The fraction of sp³-hybridized carbons (Fsp3) is 0.133. The first-order valence-electron chi connectivity index (χ1n) is 6.60. The van der Waals surface area contributed by atoms with Crippen molar-refractivity contribution in [1.82, 2.24) is 0 Å². The molecule has 0 amide bonds. The standard InChI is InChI=1S/C15H15N3O4/c1-2-22-14-9-5-6-11(15(14)19)10-16-17-12-7-3-4-8-13(12)18(20)21/h3-10,17,19H,2H2,1H3. The van der Waals surface area contributed by atoms with Crippen LogP contribution in [0.1, 0.15) is 12.5 Å². The highest BCUT2D eigenvalue weighted by Gasteiger charge is 2.11. The lowest BCUT2D eigenvalue weighted by atomic mass is 10.2. The minimum Gasteiger partial charge on any atom is -0.504 e. The van der Waals surface area contributed by atoms with E-state index in [9.17, 15) is 15.2 Å².